The summed E-state index contributed by atoms with van der Waals surface area (Å²) in [6, 6.07) is 20.3. The quantitative estimate of drug-likeness (QED) is 0.511. The van der Waals surface area contributed by atoms with Gasteiger partial charge in [0, 0.05) is 17.0 Å². The summed E-state index contributed by atoms with van der Waals surface area (Å²) in [7, 11) is -3.88. The Morgan fingerprint density at radius 1 is 1.00 bits per heavy atom. The molecule has 0 saturated heterocycles. The molecule has 3 aromatic carbocycles. The van der Waals surface area contributed by atoms with Gasteiger partial charge in [-0.15, -0.1) is 11.8 Å². The van der Waals surface area contributed by atoms with Crippen LogP contribution in [0.15, 0.2) is 82.6 Å². The first kappa shape index (κ1) is 21.2. The van der Waals surface area contributed by atoms with E-state index in [1.54, 1.807) is 42.1 Å². The Hall–Kier alpha value is -2.48. The van der Waals surface area contributed by atoms with Crippen molar-refractivity contribution in [1.29, 1.82) is 0 Å². The van der Waals surface area contributed by atoms with E-state index in [9.17, 15) is 13.2 Å². The number of hydrogen-bond acceptors (Lipinski definition) is 4. The third-order valence-corrected chi connectivity index (χ3v) is 6.57. The molecule has 2 N–H and O–H groups in total. The fourth-order valence-corrected chi connectivity index (χ4v) is 4.35. The van der Waals surface area contributed by atoms with Crippen molar-refractivity contribution in [2.45, 2.75) is 16.3 Å². The predicted molar refractivity (Wildman–Crippen MR) is 118 cm³/mol. The number of benzene rings is 3. The van der Waals surface area contributed by atoms with Gasteiger partial charge in [-0.2, -0.15) is 0 Å². The summed E-state index contributed by atoms with van der Waals surface area (Å²) in [4.78, 5) is 13.6. The summed E-state index contributed by atoms with van der Waals surface area (Å²) < 4.78 is 27.8. The van der Waals surface area contributed by atoms with Gasteiger partial charge >= 0.3 is 0 Å². The first-order chi connectivity index (χ1) is 13.9. The maximum absolute atomic E-state index is 12.7. The van der Waals surface area contributed by atoms with E-state index < -0.39 is 10.0 Å². The van der Waals surface area contributed by atoms with Gasteiger partial charge in [-0.05, 0) is 54.3 Å². The topological polar surface area (TPSA) is 75.3 Å². The molecular weight excluding hydrogens is 428 g/mol. The molecule has 1 amide bonds. The summed E-state index contributed by atoms with van der Waals surface area (Å²) in [6.07, 6.45) is 2.00. The lowest BCUT2D eigenvalue weighted by Gasteiger charge is -2.11. The number of anilines is 1. The van der Waals surface area contributed by atoms with E-state index in [0.29, 0.717) is 6.54 Å². The van der Waals surface area contributed by atoms with Crippen LogP contribution in [0.2, 0.25) is 5.02 Å². The average molecular weight is 447 g/mol. The molecule has 8 heteroatoms. The van der Waals surface area contributed by atoms with Crippen LogP contribution in [0.25, 0.3) is 0 Å². The van der Waals surface area contributed by atoms with Crippen molar-refractivity contribution in [2.75, 3.05) is 11.0 Å². The Bertz CT molecular complexity index is 1120. The van der Waals surface area contributed by atoms with Gasteiger partial charge in [0.2, 0.25) is 0 Å². The number of sulfonamides is 1. The maximum Gasteiger partial charge on any atom is 0.261 e. The highest BCUT2D eigenvalue weighted by Crippen LogP contribution is 2.24. The Morgan fingerprint density at radius 3 is 2.41 bits per heavy atom. The van der Waals surface area contributed by atoms with E-state index >= 15 is 0 Å². The van der Waals surface area contributed by atoms with Gasteiger partial charge in [0.05, 0.1) is 15.6 Å². The standard InChI is InChI=1S/C21H19ClN2O3S2/c1-28-17-11-9-15(10-12-17)14-23-21(25)16-5-4-6-18(13-16)29(26,27)24-20-8-3-2-7-19(20)22/h2-13,24H,14H2,1H3,(H,23,25). The summed E-state index contributed by atoms with van der Waals surface area (Å²) in [5.74, 6) is -0.353. The second-order valence-electron chi connectivity index (χ2n) is 6.14. The minimum absolute atomic E-state index is 0.0191. The van der Waals surface area contributed by atoms with E-state index in [1.807, 2.05) is 30.5 Å². The number of carbonyl (C=O) groups excluding carboxylic acids is 1. The first-order valence-electron chi connectivity index (χ1n) is 8.67. The second-order valence-corrected chi connectivity index (χ2v) is 9.11. The van der Waals surface area contributed by atoms with Crippen molar-refractivity contribution < 1.29 is 13.2 Å². The van der Waals surface area contributed by atoms with Crippen molar-refractivity contribution in [2.24, 2.45) is 0 Å². The number of rotatable bonds is 7. The van der Waals surface area contributed by atoms with Crippen LogP contribution in [0.4, 0.5) is 5.69 Å². The van der Waals surface area contributed by atoms with Crippen LogP contribution in [0, 0.1) is 0 Å². The number of halogens is 1. The molecule has 3 rings (SSSR count). The van der Waals surface area contributed by atoms with E-state index in [2.05, 4.69) is 10.0 Å². The van der Waals surface area contributed by atoms with Crippen molar-refractivity contribution >= 4 is 45.0 Å². The zero-order chi connectivity index (χ0) is 20.9. The van der Waals surface area contributed by atoms with Crippen LogP contribution in [0.1, 0.15) is 15.9 Å². The lowest BCUT2D eigenvalue weighted by atomic mass is 10.2. The smallest absolute Gasteiger partial charge is 0.261 e. The molecule has 0 fully saturated rings. The average Bonchev–Trinajstić information content (AvgIpc) is 2.74. The predicted octanol–water partition coefficient (Wildman–Crippen LogP) is 4.79. The number of amides is 1. The van der Waals surface area contributed by atoms with E-state index in [4.69, 9.17) is 11.6 Å². The highest BCUT2D eigenvalue weighted by Gasteiger charge is 2.17. The third kappa shape index (κ3) is 5.53. The van der Waals surface area contributed by atoms with Gasteiger partial charge < -0.3 is 5.32 Å². The highest BCUT2D eigenvalue weighted by atomic mass is 35.5. The molecule has 0 radical (unpaired) electrons. The van der Waals surface area contributed by atoms with Gasteiger partial charge in [-0.25, -0.2) is 8.42 Å². The molecule has 3 aromatic rings. The molecule has 0 spiro atoms. The van der Waals surface area contributed by atoms with Crippen molar-refractivity contribution in [3.8, 4) is 0 Å². The Kier molecular flexibility index (Phi) is 6.84. The molecule has 0 aliphatic carbocycles. The molecule has 0 atom stereocenters. The van der Waals surface area contributed by atoms with Crippen LogP contribution in [0.5, 0.6) is 0 Å². The van der Waals surface area contributed by atoms with Gasteiger partial charge in [0.1, 0.15) is 0 Å². The number of nitrogens with one attached hydrogen (secondary N) is 2. The normalized spacial score (nSPS) is 11.1. The SMILES string of the molecule is CSc1ccc(CNC(=O)c2cccc(S(=O)(=O)Nc3ccccc3Cl)c2)cc1. The molecular formula is C21H19ClN2O3S2. The highest BCUT2D eigenvalue weighted by molar-refractivity contribution is 7.98. The van der Waals surface area contributed by atoms with Gasteiger partial charge in [0.25, 0.3) is 15.9 Å². The van der Waals surface area contributed by atoms with Crippen LogP contribution in [0.3, 0.4) is 0 Å². The number of thioether (sulfide) groups is 1. The fourth-order valence-electron chi connectivity index (χ4n) is 2.58. The summed E-state index contributed by atoms with van der Waals surface area (Å²) in [5.41, 5.74) is 1.49. The summed E-state index contributed by atoms with van der Waals surface area (Å²) >= 11 is 7.67. The van der Waals surface area contributed by atoms with Crippen LogP contribution in [-0.2, 0) is 16.6 Å². The fraction of sp³-hybridized carbons (Fsp3) is 0.0952. The molecule has 0 saturated carbocycles. The molecule has 0 unspecified atom stereocenters. The minimum atomic E-state index is -3.88. The molecule has 0 bridgehead atoms. The van der Waals surface area contributed by atoms with Gasteiger partial charge in [0.15, 0.2) is 0 Å². The monoisotopic (exact) mass is 446 g/mol. The van der Waals surface area contributed by atoms with Crippen LogP contribution < -0.4 is 10.0 Å². The van der Waals surface area contributed by atoms with Crippen LogP contribution >= 0.6 is 23.4 Å². The van der Waals surface area contributed by atoms with Gasteiger partial charge in [-0.3, -0.25) is 9.52 Å². The number of hydrogen-bond donors (Lipinski definition) is 2. The van der Waals surface area contributed by atoms with E-state index in [-0.39, 0.29) is 27.1 Å². The minimum Gasteiger partial charge on any atom is -0.348 e. The lowest BCUT2D eigenvalue weighted by molar-refractivity contribution is 0.0950. The zero-order valence-corrected chi connectivity index (χ0v) is 17.9. The first-order valence-corrected chi connectivity index (χ1v) is 11.8. The molecule has 5 nitrogen and oxygen atoms in total. The largest absolute Gasteiger partial charge is 0.348 e. The zero-order valence-electron chi connectivity index (χ0n) is 15.6. The van der Waals surface area contributed by atoms with Crippen molar-refractivity contribution in [3.05, 3.63) is 88.9 Å². The van der Waals surface area contributed by atoms with Crippen LogP contribution in [-0.4, -0.2) is 20.6 Å². The molecule has 29 heavy (non-hydrogen) atoms. The third-order valence-electron chi connectivity index (χ3n) is 4.14. The van der Waals surface area contributed by atoms with E-state index in [1.165, 1.54) is 18.2 Å². The molecule has 0 aromatic heterocycles. The molecule has 0 aliphatic rings. The summed E-state index contributed by atoms with van der Waals surface area (Å²) in [6.45, 7) is 0.350. The Morgan fingerprint density at radius 2 is 1.72 bits per heavy atom. The van der Waals surface area contributed by atoms with Crippen molar-refractivity contribution in [1.82, 2.24) is 5.32 Å². The van der Waals surface area contributed by atoms with Crippen molar-refractivity contribution in [3.63, 3.8) is 0 Å². The maximum atomic E-state index is 12.7. The molecule has 0 aliphatic heterocycles. The number of para-hydroxylation sites is 1. The molecule has 150 valence electrons. The Balaban J connectivity index is 1.72. The lowest BCUT2D eigenvalue weighted by Crippen LogP contribution is -2.23. The Labute approximate surface area is 179 Å². The second kappa shape index (κ2) is 9.35. The summed E-state index contributed by atoms with van der Waals surface area (Å²) in [5, 5.41) is 3.10. The number of carbonyl (C=O) groups is 1. The van der Waals surface area contributed by atoms with Gasteiger partial charge in [-0.1, -0.05) is 41.9 Å². The molecule has 0 heterocycles. The van der Waals surface area contributed by atoms with E-state index in [0.717, 1.165) is 10.5 Å².